The number of hydrogen-bond donors (Lipinski definition) is 1. The van der Waals surface area contributed by atoms with Crippen LogP contribution in [-0.4, -0.2) is 29.7 Å². The van der Waals surface area contributed by atoms with E-state index < -0.39 is 0 Å². The van der Waals surface area contributed by atoms with E-state index in [1.807, 2.05) is 12.1 Å². The van der Waals surface area contributed by atoms with Gasteiger partial charge in [0.25, 0.3) is 0 Å². The van der Waals surface area contributed by atoms with Crippen LogP contribution in [0.3, 0.4) is 0 Å². The summed E-state index contributed by atoms with van der Waals surface area (Å²) < 4.78 is 5.54. The molecular weight excluding hydrogens is 250 g/mol. The molecule has 0 bridgehead atoms. The molecule has 1 saturated heterocycles. The van der Waals surface area contributed by atoms with Crippen LogP contribution < -0.4 is 4.74 Å². The lowest BCUT2D eigenvalue weighted by Crippen LogP contribution is -2.24. The molecule has 0 radical (unpaired) electrons. The Morgan fingerprint density at radius 1 is 1.30 bits per heavy atom. The van der Waals surface area contributed by atoms with Crippen LogP contribution in [0, 0.1) is 5.92 Å². The highest BCUT2D eigenvalue weighted by Crippen LogP contribution is 2.26. The molecular formula is C17H27NO2. The first-order valence-electron chi connectivity index (χ1n) is 7.86. The maximum absolute atomic E-state index is 10.1. The standard InChI is InChI=1S/C17H27NO2/c1-3-11-20-16-7-6-15(17(19)12-16)13-18-9-4-5-14(2)8-10-18/h6-7,12,14,19H,3-5,8-11,13H2,1-2H3. The highest BCUT2D eigenvalue weighted by Gasteiger charge is 2.15. The quantitative estimate of drug-likeness (QED) is 0.888. The molecule has 1 aromatic rings. The van der Waals surface area contributed by atoms with Gasteiger partial charge in [-0.15, -0.1) is 0 Å². The van der Waals surface area contributed by atoms with E-state index in [2.05, 4.69) is 18.7 Å². The predicted octanol–water partition coefficient (Wildman–Crippen LogP) is 3.80. The van der Waals surface area contributed by atoms with Gasteiger partial charge >= 0.3 is 0 Å². The fraction of sp³-hybridized carbons (Fsp3) is 0.647. The number of phenols is 1. The molecule has 20 heavy (non-hydrogen) atoms. The van der Waals surface area contributed by atoms with Crippen LogP contribution in [0.2, 0.25) is 0 Å². The lowest BCUT2D eigenvalue weighted by atomic mass is 10.0. The third-order valence-corrected chi connectivity index (χ3v) is 4.03. The van der Waals surface area contributed by atoms with Crippen LogP contribution >= 0.6 is 0 Å². The van der Waals surface area contributed by atoms with Gasteiger partial charge in [0.05, 0.1) is 6.61 Å². The Hall–Kier alpha value is -1.22. The zero-order valence-corrected chi connectivity index (χ0v) is 12.8. The maximum Gasteiger partial charge on any atom is 0.123 e. The number of phenolic OH excluding ortho intramolecular Hbond substituents is 1. The number of nitrogens with zero attached hydrogens (tertiary/aromatic N) is 1. The zero-order chi connectivity index (χ0) is 14.4. The second-order valence-electron chi connectivity index (χ2n) is 5.95. The molecule has 3 nitrogen and oxygen atoms in total. The summed E-state index contributed by atoms with van der Waals surface area (Å²) in [6.07, 6.45) is 4.83. The molecule has 1 fully saturated rings. The van der Waals surface area contributed by atoms with E-state index in [1.165, 1.54) is 19.3 Å². The monoisotopic (exact) mass is 277 g/mol. The zero-order valence-electron chi connectivity index (χ0n) is 12.8. The molecule has 3 heteroatoms. The van der Waals surface area contributed by atoms with E-state index in [9.17, 15) is 5.11 Å². The minimum absolute atomic E-state index is 0.357. The molecule has 2 rings (SSSR count). The van der Waals surface area contributed by atoms with Crippen molar-refractivity contribution in [3.63, 3.8) is 0 Å². The Labute approximate surface area is 122 Å². The summed E-state index contributed by atoms with van der Waals surface area (Å²) in [5.74, 6) is 1.95. The Balaban J connectivity index is 1.95. The number of benzene rings is 1. The van der Waals surface area contributed by atoms with Crippen molar-refractivity contribution < 1.29 is 9.84 Å². The van der Waals surface area contributed by atoms with Gasteiger partial charge < -0.3 is 9.84 Å². The van der Waals surface area contributed by atoms with E-state index >= 15 is 0 Å². The van der Waals surface area contributed by atoms with E-state index in [-0.39, 0.29) is 0 Å². The van der Waals surface area contributed by atoms with Gasteiger partial charge in [0, 0.05) is 18.2 Å². The molecule has 0 saturated carbocycles. The van der Waals surface area contributed by atoms with Crippen LogP contribution in [0.5, 0.6) is 11.5 Å². The van der Waals surface area contributed by atoms with Crippen LogP contribution in [0.1, 0.15) is 45.1 Å². The van der Waals surface area contributed by atoms with Crippen molar-refractivity contribution in [1.82, 2.24) is 4.90 Å². The number of aromatic hydroxyl groups is 1. The third-order valence-electron chi connectivity index (χ3n) is 4.03. The lowest BCUT2D eigenvalue weighted by Gasteiger charge is -2.20. The van der Waals surface area contributed by atoms with Gasteiger partial charge in [-0.2, -0.15) is 0 Å². The van der Waals surface area contributed by atoms with Crippen molar-refractivity contribution in [2.24, 2.45) is 5.92 Å². The van der Waals surface area contributed by atoms with Gasteiger partial charge in [-0.05, 0) is 50.8 Å². The van der Waals surface area contributed by atoms with Crippen LogP contribution in [0.15, 0.2) is 18.2 Å². The van der Waals surface area contributed by atoms with Gasteiger partial charge in [-0.25, -0.2) is 0 Å². The summed E-state index contributed by atoms with van der Waals surface area (Å²) in [6, 6.07) is 5.70. The van der Waals surface area contributed by atoms with Crippen molar-refractivity contribution in [1.29, 1.82) is 0 Å². The fourth-order valence-corrected chi connectivity index (χ4v) is 2.71. The Morgan fingerprint density at radius 2 is 2.15 bits per heavy atom. The van der Waals surface area contributed by atoms with E-state index in [1.54, 1.807) is 6.07 Å². The summed E-state index contributed by atoms with van der Waals surface area (Å²) in [6.45, 7) is 8.22. The normalized spacial score (nSPS) is 20.6. The van der Waals surface area contributed by atoms with Gasteiger partial charge in [0.1, 0.15) is 11.5 Å². The highest BCUT2D eigenvalue weighted by molar-refractivity contribution is 5.39. The summed E-state index contributed by atoms with van der Waals surface area (Å²) in [4.78, 5) is 2.45. The molecule has 1 atom stereocenters. The first-order valence-corrected chi connectivity index (χ1v) is 7.86. The lowest BCUT2D eigenvalue weighted by molar-refractivity contribution is 0.269. The Kier molecular flexibility index (Phi) is 5.72. The van der Waals surface area contributed by atoms with Crippen molar-refractivity contribution in [3.8, 4) is 11.5 Å². The minimum Gasteiger partial charge on any atom is -0.507 e. The summed E-state index contributed by atoms with van der Waals surface area (Å²) in [5.41, 5.74) is 1.00. The second-order valence-corrected chi connectivity index (χ2v) is 5.95. The first-order chi connectivity index (χ1) is 9.69. The molecule has 0 amide bonds. The largest absolute Gasteiger partial charge is 0.507 e. The average molecular weight is 277 g/mol. The van der Waals surface area contributed by atoms with Crippen molar-refractivity contribution in [3.05, 3.63) is 23.8 Å². The van der Waals surface area contributed by atoms with E-state index in [0.29, 0.717) is 12.4 Å². The average Bonchev–Trinajstić information content (AvgIpc) is 2.64. The highest BCUT2D eigenvalue weighted by atomic mass is 16.5. The van der Waals surface area contributed by atoms with E-state index in [4.69, 9.17) is 4.74 Å². The molecule has 1 unspecified atom stereocenters. The van der Waals surface area contributed by atoms with E-state index in [0.717, 1.165) is 43.3 Å². The number of rotatable bonds is 5. The number of hydrogen-bond acceptors (Lipinski definition) is 3. The SMILES string of the molecule is CCCOc1ccc(CN2CCCC(C)CC2)c(O)c1. The fourth-order valence-electron chi connectivity index (χ4n) is 2.71. The number of likely N-dealkylation sites (tertiary alicyclic amines) is 1. The molecule has 1 heterocycles. The summed E-state index contributed by atoms with van der Waals surface area (Å²) in [7, 11) is 0. The Morgan fingerprint density at radius 3 is 2.90 bits per heavy atom. The minimum atomic E-state index is 0.357. The molecule has 1 aliphatic rings. The van der Waals surface area contributed by atoms with Crippen molar-refractivity contribution in [2.75, 3.05) is 19.7 Å². The molecule has 1 aromatic carbocycles. The molecule has 0 spiro atoms. The van der Waals surface area contributed by atoms with Crippen molar-refractivity contribution >= 4 is 0 Å². The van der Waals surface area contributed by atoms with Crippen LogP contribution in [-0.2, 0) is 6.54 Å². The number of ether oxygens (including phenoxy) is 1. The smallest absolute Gasteiger partial charge is 0.123 e. The molecule has 0 aromatic heterocycles. The second kappa shape index (κ2) is 7.53. The molecule has 1 N–H and O–H groups in total. The maximum atomic E-state index is 10.1. The molecule has 112 valence electrons. The molecule has 0 aliphatic carbocycles. The first kappa shape index (κ1) is 15.2. The van der Waals surface area contributed by atoms with Crippen molar-refractivity contribution in [2.45, 2.75) is 46.1 Å². The Bertz CT molecular complexity index is 419. The molecule has 1 aliphatic heterocycles. The van der Waals surface area contributed by atoms with Gasteiger partial charge in [0.15, 0.2) is 0 Å². The van der Waals surface area contributed by atoms with Gasteiger partial charge in [-0.1, -0.05) is 19.9 Å². The third kappa shape index (κ3) is 4.41. The topological polar surface area (TPSA) is 32.7 Å². The summed E-state index contributed by atoms with van der Waals surface area (Å²) >= 11 is 0. The van der Waals surface area contributed by atoms with Crippen LogP contribution in [0.4, 0.5) is 0 Å². The summed E-state index contributed by atoms with van der Waals surface area (Å²) in [5, 5.41) is 10.1. The predicted molar refractivity (Wildman–Crippen MR) is 82.2 cm³/mol. The van der Waals surface area contributed by atoms with Crippen LogP contribution in [0.25, 0.3) is 0 Å². The van der Waals surface area contributed by atoms with Gasteiger partial charge in [0.2, 0.25) is 0 Å². The van der Waals surface area contributed by atoms with Gasteiger partial charge in [-0.3, -0.25) is 4.90 Å².